The van der Waals surface area contributed by atoms with Crippen LogP contribution in [0.1, 0.15) is 51.4 Å². The first-order valence-corrected chi connectivity index (χ1v) is 13.4. The van der Waals surface area contributed by atoms with E-state index in [0.29, 0.717) is 35.2 Å². The fraction of sp³-hybridized carbons (Fsp3) is 0.250. The second-order valence-corrected chi connectivity index (χ2v) is 9.71. The average molecular weight is 538 g/mol. The van der Waals surface area contributed by atoms with Crippen LogP contribution < -0.4 is 5.32 Å². The van der Waals surface area contributed by atoms with Gasteiger partial charge in [-0.3, -0.25) is 14.7 Å². The predicted octanol–water partition coefficient (Wildman–Crippen LogP) is 5.15. The van der Waals surface area contributed by atoms with Gasteiger partial charge < -0.3 is 14.8 Å². The van der Waals surface area contributed by atoms with Gasteiger partial charge in [-0.1, -0.05) is 48.5 Å². The van der Waals surface area contributed by atoms with Crippen LogP contribution in [0.25, 0.3) is 10.9 Å². The third-order valence-electron chi connectivity index (χ3n) is 6.90. The first-order chi connectivity index (χ1) is 19.4. The molecule has 0 radical (unpaired) electrons. The van der Waals surface area contributed by atoms with E-state index in [2.05, 4.69) is 22.3 Å². The van der Waals surface area contributed by atoms with Crippen molar-refractivity contribution in [2.75, 3.05) is 18.5 Å². The second-order valence-electron chi connectivity index (χ2n) is 9.71. The van der Waals surface area contributed by atoms with Crippen molar-refractivity contribution in [1.29, 1.82) is 0 Å². The van der Waals surface area contributed by atoms with Crippen LogP contribution >= 0.6 is 0 Å². The number of rotatable bonds is 8. The van der Waals surface area contributed by atoms with Crippen molar-refractivity contribution in [3.63, 3.8) is 0 Å². The van der Waals surface area contributed by atoms with Crippen LogP contribution in [0.5, 0.6) is 0 Å². The summed E-state index contributed by atoms with van der Waals surface area (Å²) in [5.74, 6) is -1.47. The molecule has 1 aliphatic rings. The van der Waals surface area contributed by atoms with Crippen LogP contribution in [-0.4, -0.2) is 47.0 Å². The molecule has 1 unspecified atom stereocenters. The molecule has 1 amide bonds. The van der Waals surface area contributed by atoms with Crippen LogP contribution in [0.15, 0.2) is 78.9 Å². The van der Waals surface area contributed by atoms with Gasteiger partial charge in [0.25, 0.3) is 5.91 Å². The molecule has 0 bridgehead atoms. The quantitative estimate of drug-likeness (QED) is 0.310. The molecular weight excluding hydrogens is 506 g/mol. The SMILES string of the molecule is CCOC(=O)c1ccc(NC(=O)C(C)OC(=O)c2c3c(nc4ccccc24)CCN(Cc2ccccc2)C3)cc1. The second kappa shape index (κ2) is 12.1. The molecule has 2 heterocycles. The van der Waals surface area contributed by atoms with Gasteiger partial charge in [-0.15, -0.1) is 0 Å². The molecule has 0 fully saturated rings. The summed E-state index contributed by atoms with van der Waals surface area (Å²) in [6, 6.07) is 24.1. The minimum absolute atomic E-state index is 0.279. The van der Waals surface area contributed by atoms with E-state index in [1.807, 2.05) is 42.5 Å². The molecule has 0 aliphatic carbocycles. The lowest BCUT2D eigenvalue weighted by atomic mass is 9.95. The Morgan fingerprint density at radius 3 is 2.42 bits per heavy atom. The van der Waals surface area contributed by atoms with Crippen molar-refractivity contribution in [2.45, 2.75) is 39.5 Å². The van der Waals surface area contributed by atoms with Gasteiger partial charge >= 0.3 is 11.9 Å². The smallest absolute Gasteiger partial charge is 0.339 e. The predicted molar refractivity (Wildman–Crippen MR) is 152 cm³/mol. The standard InChI is InChI=1S/C32H31N3O5/c1-3-39-31(37)23-13-15-24(16-14-23)33-30(36)21(2)40-32(38)29-25-11-7-8-12-27(25)34-28-17-18-35(20-26(28)29)19-22-9-5-4-6-10-22/h4-16,21H,3,17-20H2,1-2H3,(H,33,36). The fourth-order valence-electron chi connectivity index (χ4n) is 4.88. The average Bonchev–Trinajstić information content (AvgIpc) is 2.97. The summed E-state index contributed by atoms with van der Waals surface area (Å²) < 4.78 is 10.7. The van der Waals surface area contributed by atoms with Gasteiger partial charge in [0.15, 0.2) is 6.10 Å². The number of benzene rings is 3. The van der Waals surface area contributed by atoms with Crippen molar-refractivity contribution in [1.82, 2.24) is 9.88 Å². The van der Waals surface area contributed by atoms with Gasteiger partial charge in [0.05, 0.1) is 23.3 Å². The van der Waals surface area contributed by atoms with E-state index < -0.39 is 23.9 Å². The fourth-order valence-corrected chi connectivity index (χ4v) is 4.88. The highest BCUT2D eigenvalue weighted by Gasteiger charge is 2.29. The molecule has 4 aromatic rings. The monoisotopic (exact) mass is 537 g/mol. The number of carbonyl (C=O) groups is 3. The number of para-hydroxylation sites is 1. The van der Waals surface area contributed by atoms with E-state index in [0.717, 1.165) is 29.9 Å². The van der Waals surface area contributed by atoms with Gasteiger partial charge in [-0.05, 0) is 49.7 Å². The van der Waals surface area contributed by atoms with Crippen molar-refractivity contribution in [2.24, 2.45) is 0 Å². The van der Waals surface area contributed by atoms with E-state index in [1.165, 1.54) is 12.5 Å². The highest BCUT2D eigenvalue weighted by Crippen LogP contribution is 2.30. The summed E-state index contributed by atoms with van der Waals surface area (Å²) in [6.45, 7) is 5.70. The Labute approximate surface area is 232 Å². The molecule has 1 aliphatic heterocycles. The maximum atomic E-state index is 13.6. The summed E-state index contributed by atoms with van der Waals surface area (Å²) in [7, 11) is 0. The number of fused-ring (bicyclic) bond motifs is 2. The number of hydrogen-bond acceptors (Lipinski definition) is 7. The molecule has 1 aromatic heterocycles. The number of aromatic nitrogens is 1. The van der Waals surface area contributed by atoms with Crippen LogP contribution in [0.4, 0.5) is 5.69 Å². The van der Waals surface area contributed by atoms with Crippen LogP contribution in [0, 0.1) is 0 Å². The molecule has 8 nitrogen and oxygen atoms in total. The highest BCUT2D eigenvalue weighted by atomic mass is 16.5. The van der Waals surface area contributed by atoms with Gasteiger partial charge in [-0.2, -0.15) is 0 Å². The molecule has 5 rings (SSSR count). The zero-order chi connectivity index (χ0) is 28.1. The number of hydrogen-bond donors (Lipinski definition) is 1. The molecule has 3 aromatic carbocycles. The number of nitrogens with zero attached hydrogens (tertiary/aromatic N) is 2. The Hall–Kier alpha value is -4.56. The van der Waals surface area contributed by atoms with E-state index in [4.69, 9.17) is 14.5 Å². The van der Waals surface area contributed by atoms with Gasteiger partial charge in [0, 0.05) is 48.4 Å². The van der Waals surface area contributed by atoms with E-state index >= 15 is 0 Å². The summed E-state index contributed by atoms with van der Waals surface area (Å²) in [6.07, 6.45) is -0.339. The Morgan fingerprint density at radius 1 is 0.950 bits per heavy atom. The molecule has 0 saturated carbocycles. The Morgan fingerprint density at radius 2 is 1.68 bits per heavy atom. The van der Waals surface area contributed by atoms with Gasteiger partial charge in [0.2, 0.25) is 0 Å². The van der Waals surface area contributed by atoms with Crippen molar-refractivity contribution in [3.05, 3.63) is 107 Å². The van der Waals surface area contributed by atoms with Gasteiger partial charge in [0.1, 0.15) is 0 Å². The lowest BCUT2D eigenvalue weighted by Crippen LogP contribution is -2.34. The number of anilines is 1. The summed E-state index contributed by atoms with van der Waals surface area (Å²) in [5.41, 5.74) is 4.96. The zero-order valence-electron chi connectivity index (χ0n) is 22.6. The van der Waals surface area contributed by atoms with E-state index in [9.17, 15) is 14.4 Å². The van der Waals surface area contributed by atoms with Crippen molar-refractivity contribution >= 4 is 34.4 Å². The number of amides is 1. The van der Waals surface area contributed by atoms with E-state index in [-0.39, 0.29) is 6.61 Å². The molecule has 0 spiro atoms. The largest absolute Gasteiger partial charge is 0.462 e. The summed E-state index contributed by atoms with van der Waals surface area (Å²) in [5, 5.41) is 3.45. The van der Waals surface area contributed by atoms with Crippen molar-refractivity contribution < 1.29 is 23.9 Å². The number of nitrogens with one attached hydrogen (secondary N) is 1. The molecule has 0 saturated heterocycles. The minimum Gasteiger partial charge on any atom is -0.462 e. The normalized spacial score (nSPS) is 13.8. The first-order valence-electron chi connectivity index (χ1n) is 13.4. The third kappa shape index (κ3) is 6.02. The molecule has 1 N–H and O–H groups in total. The van der Waals surface area contributed by atoms with Crippen LogP contribution in [-0.2, 0) is 33.8 Å². The van der Waals surface area contributed by atoms with E-state index in [1.54, 1.807) is 31.2 Å². The number of pyridine rings is 1. The summed E-state index contributed by atoms with van der Waals surface area (Å²) in [4.78, 5) is 45.6. The van der Waals surface area contributed by atoms with Gasteiger partial charge in [-0.25, -0.2) is 9.59 Å². The molecule has 8 heteroatoms. The number of ether oxygens (including phenoxy) is 2. The first kappa shape index (κ1) is 27.0. The maximum absolute atomic E-state index is 13.6. The Kier molecular flexibility index (Phi) is 8.17. The number of esters is 2. The Balaban J connectivity index is 1.34. The molecular formula is C32H31N3O5. The Bertz CT molecular complexity index is 1540. The zero-order valence-corrected chi connectivity index (χ0v) is 22.6. The molecule has 1 atom stereocenters. The van der Waals surface area contributed by atoms with Crippen LogP contribution in [0.2, 0.25) is 0 Å². The van der Waals surface area contributed by atoms with Crippen molar-refractivity contribution in [3.8, 4) is 0 Å². The molecule has 40 heavy (non-hydrogen) atoms. The topological polar surface area (TPSA) is 97.8 Å². The summed E-state index contributed by atoms with van der Waals surface area (Å²) >= 11 is 0. The lowest BCUT2D eigenvalue weighted by Gasteiger charge is -2.30. The highest BCUT2D eigenvalue weighted by molar-refractivity contribution is 6.06. The maximum Gasteiger partial charge on any atom is 0.339 e. The minimum atomic E-state index is -1.05. The third-order valence-corrected chi connectivity index (χ3v) is 6.90. The lowest BCUT2D eigenvalue weighted by molar-refractivity contribution is -0.123. The van der Waals surface area contributed by atoms with Crippen LogP contribution in [0.3, 0.4) is 0 Å². The molecule has 204 valence electrons. The number of carbonyl (C=O) groups excluding carboxylic acids is 3.